The number of esters is 1. The first-order chi connectivity index (χ1) is 21.2. The normalized spacial score (nSPS) is 13.3. The molecule has 9 nitrogen and oxygen atoms in total. The number of amides is 2. The van der Waals surface area contributed by atoms with Crippen LogP contribution in [0, 0.1) is 5.92 Å². The molecule has 0 aromatic heterocycles. The number of nitrogens with zero attached hydrogens (tertiary/aromatic N) is 2. The summed E-state index contributed by atoms with van der Waals surface area (Å²) in [6.07, 6.45) is -4.65. The second-order valence-electron chi connectivity index (χ2n) is 13.7. The van der Waals surface area contributed by atoms with Crippen LogP contribution in [0.15, 0.2) is 36.4 Å². The fourth-order valence-electron chi connectivity index (χ4n) is 4.84. The van der Waals surface area contributed by atoms with E-state index in [9.17, 15) is 27.6 Å². The lowest BCUT2D eigenvalue weighted by Crippen LogP contribution is -2.45. The zero-order chi connectivity index (χ0) is 34.4. The number of anilines is 1. The molecule has 254 valence electrons. The third-order valence-electron chi connectivity index (χ3n) is 6.62. The molecule has 0 saturated heterocycles. The van der Waals surface area contributed by atoms with Gasteiger partial charge in [-0.15, -0.1) is 13.2 Å². The molecule has 2 aromatic carbocycles. The van der Waals surface area contributed by atoms with Crippen LogP contribution in [0.2, 0.25) is 0 Å². The van der Waals surface area contributed by atoms with Crippen molar-refractivity contribution in [2.24, 2.45) is 5.92 Å². The summed E-state index contributed by atoms with van der Waals surface area (Å²) in [5.41, 5.74) is 0.994. The van der Waals surface area contributed by atoms with Crippen molar-refractivity contribution in [1.82, 2.24) is 4.90 Å². The molecule has 0 fully saturated rings. The Balaban J connectivity index is 1.69. The fourth-order valence-corrected chi connectivity index (χ4v) is 4.84. The number of fused-ring (bicyclic) bond motifs is 1. The first-order valence-electron chi connectivity index (χ1n) is 15.3. The van der Waals surface area contributed by atoms with Crippen LogP contribution in [-0.4, -0.2) is 60.1 Å². The van der Waals surface area contributed by atoms with E-state index in [1.807, 2.05) is 13.8 Å². The van der Waals surface area contributed by atoms with E-state index < -0.39 is 29.6 Å². The van der Waals surface area contributed by atoms with E-state index in [4.69, 9.17) is 14.2 Å². The molecule has 46 heavy (non-hydrogen) atoms. The van der Waals surface area contributed by atoms with E-state index in [1.165, 1.54) is 11.0 Å². The van der Waals surface area contributed by atoms with Crippen LogP contribution in [0.3, 0.4) is 0 Å². The molecule has 0 bridgehead atoms. The molecule has 0 spiro atoms. The zero-order valence-electron chi connectivity index (χ0n) is 27.9. The van der Waals surface area contributed by atoms with Crippen molar-refractivity contribution in [2.45, 2.75) is 98.8 Å². The molecule has 0 N–H and O–H groups in total. The Hall–Kier alpha value is -3.96. The van der Waals surface area contributed by atoms with E-state index in [2.05, 4.69) is 4.74 Å². The van der Waals surface area contributed by atoms with Gasteiger partial charge < -0.3 is 23.8 Å². The molecule has 1 heterocycles. The van der Waals surface area contributed by atoms with E-state index in [0.29, 0.717) is 42.0 Å². The maximum absolute atomic E-state index is 13.4. The second-order valence-corrected chi connectivity index (χ2v) is 13.7. The number of carbonyl (C=O) groups is 3. The van der Waals surface area contributed by atoms with Crippen LogP contribution in [-0.2, 0) is 38.5 Å². The summed E-state index contributed by atoms with van der Waals surface area (Å²) in [6, 6.07) is 9.89. The van der Waals surface area contributed by atoms with Gasteiger partial charge in [-0.3, -0.25) is 14.5 Å². The van der Waals surface area contributed by atoms with Crippen molar-refractivity contribution in [3.8, 4) is 11.5 Å². The Kier molecular flexibility index (Phi) is 11.6. The van der Waals surface area contributed by atoms with Crippen LogP contribution in [0.5, 0.6) is 11.5 Å². The molecule has 0 atom stereocenters. The van der Waals surface area contributed by atoms with Gasteiger partial charge in [-0.25, -0.2) is 4.79 Å². The topological polar surface area (TPSA) is 94.6 Å². The minimum absolute atomic E-state index is 0.0140. The van der Waals surface area contributed by atoms with Crippen LogP contribution in [0.4, 0.5) is 23.7 Å². The molecule has 0 saturated carbocycles. The minimum Gasteiger partial charge on any atom is -0.489 e. The number of rotatable bonds is 11. The maximum atomic E-state index is 13.4. The minimum atomic E-state index is -4.81. The average molecular weight is 651 g/mol. The smallest absolute Gasteiger partial charge is 0.489 e. The lowest BCUT2D eigenvalue weighted by Gasteiger charge is -2.29. The predicted octanol–water partition coefficient (Wildman–Crippen LogP) is 7.22. The molecule has 1 aliphatic rings. The Morgan fingerprint density at radius 2 is 1.61 bits per heavy atom. The average Bonchev–Trinajstić information content (AvgIpc) is 3.31. The lowest BCUT2D eigenvalue weighted by molar-refractivity contribution is -0.275. The number of hydrogen-bond donors (Lipinski definition) is 0. The maximum Gasteiger partial charge on any atom is 0.573 e. The molecule has 1 aliphatic heterocycles. The van der Waals surface area contributed by atoms with Gasteiger partial charge in [0.05, 0.1) is 6.42 Å². The molecule has 2 amide bonds. The monoisotopic (exact) mass is 650 g/mol. The summed E-state index contributed by atoms with van der Waals surface area (Å²) >= 11 is 0. The number of ether oxygens (including phenoxy) is 4. The summed E-state index contributed by atoms with van der Waals surface area (Å²) in [6.45, 7) is 14.2. The van der Waals surface area contributed by atoms with Gasteiger partial charge in [-0.05, 0) is 101 Å². The number of benzene rings is 2. The second kappa shape index (κ2) is 14.6. The number of carbonyl (C=O) groups excluding carboxylic acids is 3. The molecular weight excluding hydrogens is 605 g/mol. The SMILES string of the molecule is CC(C)Cc1ccc(COc2ccc3c(c2)CCN3C(=O)CN(CCC(=O)OC(C)(C)C)C(=O)OC(C)(C)C)cc1OC(F)(F)F. The summed E-state index contributed by atoms with van der Waals surface area (Å²) < 4.78 is 60.1. The van der Waals surface area contributed by atoms with Crippen LogP contribution in [0.1, 0.15) is 78.5 Å². The van der Waals surface area contributed by atoms with Gasteiger partial charge in [0.2, 0.25) is 5.91 Å². The van der Waals surface area contributed by atoms with Crippen LogP contribution in [0.25, 0.3) is 0 Å². The van der Waals surface area contributed by atoms with Gasteiger partial charge in [-0.1, -0.05) is 26.0 Å². The van der Waals surface area contributed by atoms with Crippen molar-refractivity contribution in [2.75, 3.05) is 24.5 Å². The highest BCUT2D eigenvalue weighted by Crippen LogP contribution is 2.33. The summed E-state index contributed by atoms with van der Waals surface area (Å²) in [5.74, 6) is -0.445. The molecule has 2 aromatic rings. The van der Waals surface area contributed by atoms with Gasteiger partial charge in [0, 0.05) is 18.8 Å². The fraction of sp³-hybridized carbons (Fsp3) is 0.559. The molecule has 0 unspecified atom stereocenters. The molecular formula is C34H45F3N2O7. The summed E-state index contributed by atoms with van der Waals surface area (Å²) in [4.78, 5) is 41.5. The molecule has 0 aliphatic carbocycles. The van der Waals surface area contributed by atoms with Crippen molar-refractivity contribution in [3.63, 3.8) is 0 Å². The third-order valence-corrected chi connectivity index (χ3v) is 6.62. The van der Waals surface area contributed by atoms with Crippen molar-refractivity contribution in [1.29, 1.82) is 0 Å². The standard InChI is InChI=1S/C34H45F3N2O7/c1-22(2)17-25-10-9-23(18-28(25)44-34(35,36)37)21-43-26-11-12-27-24(19-26)13-16-39(27)29(40)20-38(31(42)46-33(6,7)8)15-14-30(41)45-32(3,4)5/h9-12,18-19,22H,13-17,20-21H2,1-8H3. The largest absolute Gasteiger partial charge is 0.573 e. The molecule has 12 heteroatoms. The number of alkyl halides is 3. The Morgan fingerprint density at radius 1 is 0.935 bits per heavy atom. The third kappa shape index (κ3) is 11.8. The van der Waals surface area contributed by atoms with Gasteiger partial charge >= 0.3 is 18.4 Å². The first-order valence-corrected chi connectivity index (χ1v) is 15.3. The highest BCUT2D eigenvalue weighted by molar-refractivity contribution is 5.98. The first kappa shape index (κ1) is 36.5. The van der Waals surface area contributed by atoms with Crippen molar-refractivity contribution < 1.29 is 46.5 Å². The van der Waals surface area contributed by atoms with Gasteiger partial charge in [0.25, 0.3) is 0 Å². The van der Waals surface area contributed by atoms with Crippen molar-refractivity contribution >= 4 is 23.7 Å². The number of hydrogen-bond acceptors (Lipinski definition) is 7. The Labute approximate surface area is 268 Å². The van der Waals surface area contributed by atoms with Crippen LogP contribution >= 0.6 is 0 Å². The van der Waals surface area contributed by atoms with Crippen LogP contribution < -0.4 is 14.4 Å². The lowest BCUT2D eigenvalue weighted by atomic mass is 10.0. The highest BCUT2D eigenvalue weighted by Gasteiger charge is 2.33. The van der Waals surface area contributed by atoms with E-state index in [1.54, 1.807) is 76.8 Å². The van der Waals surface area contributed by atoms with Crippen molar-refractivity contribution in [3.05, 3.63) is 53.1 Å². The zero-order valence-corrected chi connectivity index (χ0v) is 27.9. The quantitative estimate of drug-likeness (QED) is 0.237. The molecule has 0 radical (unpaired) electrons. The predicted molar refractivity (Wildman–Crippen MR) is 167 cm³/mol. The summed E-state index contributed by atoms with van der Waals surface area (Å²) in [7, 11) is 0. The Morgan fingerprint density at radius 3 is 2.22 bits per heavy atom. The Bertz CT molecular complexity index is 1390. The van der Waals surface area contributed by atoms with E-state index in [-0.39, 0.29) is 43.7 Å². The van der Waals surface area contributed by atoms with Gasteiger partial charge in [-0.2, -0.15) is 0 Å². The van der Waals surface area contributed by atoms with Gasteiger partial charge in [0.1, 0.15) is 35.9 Å². The highest BCUT2D eigenvalue weighted by atomic mass is 19.4. The number of halogens is 3. The van der Waals surface area contributed by atoms with Gasteiger partial charge in [0.15, 0.2) is 0 Å². The van der Waals surface area contributed by atoms with E-state index in [0.717, 1.165) is 5.56 Å². The summed E-state index contributed by atoms with van der Waals surface area (Å²) in [5, 5.41) is 0. The molecule has 3 rings (SSSR count). The van der Waals surface area contributed by atoms with E-state index >= 15 is 0 Å².